The second kappa shape index (κ2) is 9.00. The number of amides is 1. The van der Waals surface area contributed by atoms with Crippen molar-refractivity contribution in [3.63, 3.8) is 0 Å². The van der Waals surface area contributed by atoms with Gasteiger partial charge in [-0.25, -0.2) is 4.39 Å². The predicted molar refractivity (Wildman–Crippen MR) is 131 cm³/mol. The van der Waals surface area contributed by atoms with Crippen LogP contribution in [0.1, 0.15) is 39.3 Å². The maximum atomic E-state index is 14.8. The monoisotopic (exact) mass is 460 g/mol. The van der Waals surface area contributed by atoms with Gasteiger partial charge in [0.25, 0.3) is 5.91 Å². The van der Waals surface area contributed by atoms with Crippen LogP contribution in [0.25, 0.3) is 10.9 Å². The lowest BCUT2D eigenvalue weighted by Gasteiger charge is -2.45. The molecule has 2 heterocycles. The summed E-state index contributed by atoms with van der Waals surface area (Å²) in [5.74, 6) is -0.963. The number of likely N-dealkylation sites (tertiary alicyclic amines) is 1. The number of nitrogens with one attached hydrogen (secondary N) is 1. The molecule has 0 aliphatic carbocycles. The Hall–Kier alpha value is -3.16. The predicted octanol–water partition coefficient (Wildman–Crippen LogP) is 5.14. The second-order valence-electron chi connectivity index (χ2n) is 8.35. The summed E-state index contributed by atoms with van der Waals surface area (Å²) in [6, 6.07) is 24.3. The molecule has 1 aromatic heterocycles. The van der Waals surface area contributed by atoms with Gasteiger partial charge in [-0.1, -0.05) is 72.6 Å². The molecular formula is C26H25FN4OS. The average Bonchev–Trinajstić information content (AvgIpc) is 3.11. The van der Waals surface area contributed by atoms with Crippen LogP contribution in [0.2, 0.25) is 0 Å². The lowest BCUT2D eigenvalue weighted by Crippen LogP contribution is -2.49. The molecule has 0 unspecified atom stereocenters. The number of fused-ring (bicyclic) bond motifs is 1. The zero-order valence-corrected chi connectivity index (χ0v) is 19.3. The van der Waals surface area contributed by atoms with E-state index in [9.17, 15) is 9.18 Å². The minimum absolute atomic E-state index is 0.0444. The van der Waals surface area contributed by atoms with Gasteiger partial charge in [0, 0.05) is 30.8 Å². The molecule has 1 saturated heterocycles. The van der Waals surface area contributed by atoms with Gasteiger partial charge in [0.15, 0.2) is 0 Å². The van der Waals surface area contributed by atoms with Crippen LogP contribution >= 0.6 is 11.9 Å². The van der Waals surface area contributed by atoms with Gasteiger partial charge in [0.2, 0.25) is 0 Å². The molecule has 168 valence electrons. The summed E-state index contributed by atoms with van der Waals surface area (Å²) in [6.07, 6.45) is 1.73. The molecule has 1 aliphatic rings. The Morgan fingerprint density at radius 1 is 1.06 bits per heavy atom. The molecule has 1 amide bonds. The smallest absolute Gasteiger partial charge is 0.264 e. The van der Waals surface area contributed by atoms with E-state index in [-0.39, 0.29) is 17.6 Å². The molecule has 33 heavy (non-hydrogen) atoms. The van der Waals surface area contributed by atoms with Gasteiger partial charge in [-0.15, -0.1) is 0 Å². The zero-order chi connectivity index (χ0) is 22.9. The van der Waals surface area contributed by atoms with Gasteiger partial charge < -0.3 is 0 Å². The van der Waals surface area contributed by atoms with Crippen molar-refractivity contribution in [1.82, 2.24) is 19.4 Å². The molecule has 7 heteroatoms. The van der Waals surface area contributed by atoms with E-state index >= 15 is 0 Å². The largest absolute Gasteiger partial charge is 0.296 e. The van der Waals surface area contributed by atoms with Crippen LogP contribution in [0, 0.1) is 12.7 Å². The van der Waals surface area contributed by atoms with E-state index in [1.807, 2.05) is 23.7 Å². The third kappa shape index (κ3) is 4.03. The Balaban J connectivity index is 1.44. The lowest BCUT2D eigenvalue weighted by atomic mass is 9.93. The normalized spacial score (nSPS) is 14.5. The van der Waals surface area contributed by atoms with Crippen molar-refractivity contribution in [2.45, 2.75) is 19.0 Å². The molecule has 5 rings (SSSR count). The fraction of sp³-hybridized carbons (Fsp3) is 0.231. The van der Waals surface area contributed by atoms with E-state index in [0.29, 0.717) is 0 Å². The molecule has 1 fully saturated rings. The third-order valence-electron chi connectivity index (χ3n) is 6.25. The summed E-state index contributed by atoms with van der Waals surface area (Å²) in [5, 5.41) is 5.53. The third-order valence-corrected chi connectivity index (χ3v) is 6.64. The number of hydrogen-bond donors (Lipinski definition) is 1. The summed E-state index contributed by atoms with van der Waals surface area (Å²) in [4.78, 5) is 14.6. The van der Waals surface area contributed by atoms with E-state index in [0.717, 1.165) is 41.6 Å². The van der Waals surface area contributed by atoms with E-state index in [2.05, 4.69) is 58.2 Å². The van der Waals surface area contributed by atoms with E-state index in [4.69, 9.17) is 5.10 Å². The Morgan fingerprint density at radius 3 is 2.24 bits per heavy atom. The average molecular weight is 461 g/mol. The number of halogens is 1. The van der Waals surface area contributed by atoms with E-state index < -0.39 is 11.7 Å². The van der Waals surface area contributed by atoms with Crippen molar-refractivity contribution in [1.29, 1.82) is 0 Å². The molecule has 4 aromatic rings. The molecule has 1 aliphatic heterocycles. The number of hydrogen-bond acceptors (Lipinski definition) is 4. The number of aromatic nitrogens is 2. The Labute approximate surface area is 196 Å². The number of aryl methyl sites for hydroxylation is 1. The topological polar surface area (TPSA) is 50.2 Å². The van der Waals surface area contributed by atoms with Gasteiger partial charge in [-0.3, -0.25) is 19.1 Å². The van der Waals surface area contributed by atoms with Crippen LogP contribution in [0.5, 0.6) is 0 Å². The van der Waals surface area contributed by atoms with Gasteiger partial charge in [-0.05, 0) is 24.1 Å². The molecule has 3 aromatic carbocycles. The first-order valence-electron chi connectivity index (χ1n) is 10.9. The van der Waals surface area contributed by atoms with Crippen molar-refractivity contribution in [3.05, 3.63) is 101 Å². The number of benzene rings is 3. The molecule has 5 nitrogen and oxygen atoms in total. The molecule has 0 spiro atoms. The first-order valence-corrected chi connectivity index (χ1v) is 12.1. The van der Waals surface area contributed by atoms with Crippen molar-refractivity contribution >= 4 is 28.8 Å². The highest BCUT2D eigenvalue weighted by Crippen LogP contribution is 2.37. The number of nitrogens with zero attached hydrogens (tertiary/aromatic N) is 3. The minimum Gasteiger partial charge on any atom is -0.296 e. The minimum atomic E-state index is -0.530. The van der Waals surface area contributed by atoms with Gasteiger partial charge in [0.1, 0.15) is 5.82 Å². The van der Waals surface area contributed by atoms with Crippen molar-refractivity contribution in [2.24, 2.45) is 0 Å². The number of carbonyl (C=O) groups is 1. The van der Waals surface area contributed by atoms with Crippen LogP contribution in [0.15, 0.2) is 72.8 Å². The molecule has 1 N–H and O–H groups in total. The SMILES string of the molecule is CSNC(=O)c1cc2c(C)nn(C3CN(C(c4ccccc4)c4ccccc4)C3)c2cc1F. The maximum absolute atomic E-state index is 14.8. The lowest BCUT2D eigenvalue weighted by molar-refractivity contribution is 0.0705. The summed E-state index contributed by atoms with van der Waals surface area (Å²) < 4.78 is 19.3. The highest BCUT2D eigenvalue weighted by molar-refractivity contribution is 7.97. The van der Waals surface area contributed by atoms with Gasteiger partial charge >= 0.3 is 0 Å². The zero-order valence-electron chi connectivity index (χ0n) is 18.5. The summed E-state index contributed by atoms with van der Waals surface area (Å²) in [5.41, 5.74) is 4.07. The number of rotatable bonds is 6. The Morgan fingerprint density at radius 2 is 1.67 bits per heavy atom. The maximum Gasteiger partial charge on any atom is 0.264 e. The molecular weight excluding hydrogens is 435 g/mol. The van der Waals surface area contributed by atoms with Crippen molar-refractivity contribution < 1.29 is 9.18 Å². The molecule has 0 atom stereocenters. The summed E-state index contributed by atoms with van der Waals surface area (Å²) in [7, 11) is 0. The van der Waals surface area contributed by atoms with E-state index in [1.54, 1.807) is 12.3 Å². The van der Waals surface area contributed by atoms with Crippen molar-refractivity contribution in [2.75, 3.05) is 19.3 Å². The standard InChI is InChI=1S/C26H25FN4OS/c1-17-21-13-22(26(32)29-33-2)23(27)14-24(21)31(28-17)20-15-30(16-20)25(18-9-5-3-6-10-18)19-11-7-4-8-12-19/h3-14,20,25H,15-16H2,1-2H3,(H,29,32). The number of carbonyl (C=O) groups excluding carboxylic acids is 1. The van der Waals surface area contributed by atoms with Crippen LogP contribution in [0.3, 0.4) is 0 Å². The van der Waals surface area contributed by atoms with Crippen LogP contribution in [0.4, 0.5) is 4.39 Å². The van der Waals surface area contributed by atoms with Crippen LogP contribution in [-0.4, -0.2) is 39.9 Å². The van der Waals surface area contributed by atoms with Crippen molar-refractivity contribution in [3.8, 4) is 0 Å². The van der Waals surface area contributed by atoms with Crippen LogP contribution in [-0.2, 0) is 0 Å². The summed E-state index contributed by atoms with van der Waals surface area (Å²) >= 11 is 1.15. The molecule has 0 radical (unpaired) electrons. The summed E-state index contributed by atoms with van der Waals surface area (Å²) in [6.45, 7) is 3.52. The molecule has 0 bridgehead atoms. The van der Waals surface area contributed by atoms with E-state index in [1.165, 1.54) is 17.2 Å². The quantitative estimate of drug-likeness (QED) is 0.405. The highest BCUT2D eigenvalue weighted by atomic mass is 32.2. The first-order chi connectivity index (χ1) is 16.1. The van der Waals surface area contributed by atoms with Gasteiger partial charge in [-0.2, -0.15) is 5.10 Å². The second-order valence-corrected chi connectivity index (χ2v) is 8.96. The Kier molecular flexibility index (Phi) is 5.91. The highest BCUT2D eigenvalue weighted by Gasteiger charge is 2.36. The fourth-order valence-corrected chi connectivity index (χ4v) is 4.94. The van der Waals surface area contributed by atoms with Gasteiger partial charge in [0.05, 0.1) is 28.9 Å². The van der Waals surface area contributed by atoms with Crippen LogP contribution < -0.4 is 4.72 Å². The Bertz CT molecular complexity index is 1250. The fourth-order valence-electron chi connectivity index (χ4n) is 4.65. The molecule has 0 saturated carbocycles. The first kappa shape index (κ1) is 21.7.